The minimum atomic E-state index is 0.0899. The maximum atomic E-state index is 5.77. The summed E-state index contributed by atoms with van der Waals surface area (Å²) in [5.41, 5.74) is 5.20. The molecule has 1 fully saturated rings. The molecule has 1 aliphatic heterocycles. The number of benzene rings is 1. The summed E-state index contributed by atoms with van der Waals surface area (Å²) in [6.07, 6.45) is 7.48. The average Bonchev–Trinajstić information content (AvgIpc) is 3.17. The summed E-state index contributed by atoms with van der Waals surface area (Å²) >= 11 is 1.67. The van der Waals surface area contributed by atoms with Crippen molar-refractivity contribution in [2.75, 3.05) is 6.61 Å². The van der Waals surface area contributed by atoms with Crippen LogP contribution in [0.1, 0.15) is 25.5 Å². The quantitative estimate of drug-likeness (QED) is 0.718. The van der Waals surface area contributed by atoms with E-state index in [1.165, 1.54) is 11.1 Å². The molecule has 1 unspecified atom stereocenters. The number of thiazole rings is 1. The second-order valence-electron chi connectivity index (χ2n) is 5.03. The Morgan fingerprint density at radius 1 is 1.30 bits per heavy atom. The van der Waals surface area contributed by atoms with Gasteiger partial charge in [0.1, 0.15) is 6.23 Å². The molecular weight excluding hydrogens is 270 g/mol. The average molecular weight is 285 g/mol. The van der Waals surface area contributed by atoms with E-state index in [-0.39, 0.29) is 6.23 Å². The zero-order chi connectivity index (χ0) is 13.4. The van der Waals surface area contributed by atoms with Crippen LogP contribution in [0.25, 0.3) is 21.3 Å². The number of para-hydroxylation sites is 1. The fraction of sp³-hybridized carbons (Fsp3) is 0.333. The second kappa shape index (κ2) is 5.00. The Balaban J connectivity index is 1.72. The van der Waals surface area contributed by atoms with Crippen molar-refractivity contribution >= 4 is 21.6 Å². The third-order valence-electron chi connectivity index (χ3n) is 3.72. The Hall–Kier alpha value is -1.72. The van der Waals surface area contributed by atoms with Gasteiger partial charge in [0.05, 0.1) is 21.9 Å². The lowest BCUT2D eigenvalue weighted by Gasteiger charge is -2.22. The van der Waals surface area contributed by atoms with Gasteiger partial charge in [0.15, 0.2) is 0 Å². The highest BCUT2D eigenvalue weighted by Gasteiger charge is 2.17. The van der Waals surface area contributed by atoms with Crippen molar-refractivity contribution in [1.82, 2.24) is 14.8 Å². The SMILES string of the molecule is c1cc(-c2cnn(C3CCCCO3)c2)c2ncsc2c1. The van der Waals surface area contributed by atoms with Crippen LogP contribution in [0.4, 0.5) is 0 Å². The lowest BCUT2D eigenvalue weighted by atomic mass is 10.1. The fourth-order valence-corrected chi connectivity index (χ4v) is 3.39. The monoisotopic (exact) mass is 285 g/mol. The molecule has 0 bridgehead atoms. The summed E-state index contributed by atoms with van der Waals surface area (Å²) in [5, 5.41) is 4.47. The highest BCUT2D eigenvalue weighted by Crippen LogP contribution is 2.30. The van der Waals surface area contributed by atoms with Gasteiger partial charge in [-0.05, 0) is 25.3 Å². The van der Waals surface area contributed by atoms with E-state index in [1.54, 1.807) is 11.3 Å². The molecule has 102 valence electrons. The van der Waals surface area contributed by atoms with Crippen molar-refractivity contribution in [3.05, 3.63) is 36.1 Å². The van der Waals surface area contributed by atoms with Crippen molar-refractivity contribution < 1.29 is 4.74 Å². The third-order valence-corrected chi connectivity index (χ3v) is 4.52. The number of fused-ring (bicyclic) bond motifs is 1. The van der Waals surface area contributed by atoms with E-state index in [9.17, 15) is 0 Å². The van der Waals surface area contributed by atoms with E-state index >= 15 is 0 Å². The third kappa shape index (κ3) is 2.03. The summed E-state index contributed by atoms with van der Waals surface area (Å²) in [6.45, 7) is 0.835. The van der Waals surface area contributed by atoms with Crippen LogP contribution in [0.3, 0.4) is 0 Å². The molecule has 0 aliphatic carbocycles. The zero-order valence-corrected chi connectivity index (χ0v) is 11.8. The van der Waals surface area contributed by atoms with Crippen LogP contribution in [0.2, 0.25) is 0 Å². The smallest absolute Gasteiger partial charge is 0.150 e. The van der Waals surface area contributed by atoms with Crippen molar-refractivity contribution in [1.29, 1.82) is 0 Å². The first-order chi connectivity index (χ1) is 9.92. The van der Waals surface area contributed by atoms with Crippen molar-refractivity contribution in [2.45, 2.75) is 25.5 Å². The molecule has 1 atom stereocenters. The van der Waals surface area contributed by atoms with Crippen LogP contribution < -0.4 is 0 Å². The largest absolute Gasteiger partial charge is 0.357 e. The first-order valence-electron chi connectivity index (χ1n) is 6.90. The summed E-state index contributed by atoms with van der Waals surface area (Å²) in [7, 11) is 0. The van der Waals surface area contributed by atoms with Gasteiger partial charge >= 0.3 is 0 Å². The lowest BCUT2D eigenvalue weighted by Crippen LogP contribution is -2.18. The highest BCUT2D eigenvalue weighted by molar-refractivity contribution is 7.16. The van der Waals surface area contributed by atoms with Crippen molar-refractivity contribution in [3.63, 3.8) is 0 Å². The van der Waals surface area contributed by atoms with E-state index in [1.807, 2.05) is 16.4 Å². The Morgan fingerprint density at radius 2 is 2.30 bits per heavy atom. The van der Waals surface area contributed by atoms with E-state index in [0.29, 0.717) is 0 Å². The van der Waals surface area contributed by atoms with Crippen LogP contribution in [-0.2, 0) is 4.74 Å². The van der Waals surface area contributed by atoms with Gasteiger partial charge in [-0.25, -0.2) is 9.67 Å². The predicted molar refractivity (Wildman–Crippen MR) is 79.7 cm³/mol. The van der Waals surface area contributed by atoms with Gasteiger partial charge in [0.25, 0.3) is 0 Å². The molecule has 3 heterocycles. The molecule has 1 saturated heterocycles. The standard InChI is InChI=1S/C15H15N3OS/c1-2-7-19-14(6-1)18-9-11(8-17-18)12-4-3-5-13-15(12)16-10-20-13/h3-5,8-10,14H,1-2,6-7H2. The number of hydrogen-bond donors (Lipinski definition) is 0. The van der Waals surface area contributed by atoms with Crippen LogP contribution in [-0.4, -0.2) is 21.4 Å². The molecule has 20 heavy (non-hydrogen) atoms. The molecule has 0 saturated carbocycles. The highest BCUT2D eigenvalue weighted by atomic mass is 32.1. The maximum Gasteiger partial charge on any atom is 0.150 e. The first-order valence-corrected chi connectivity index (χ1v) is 7.78. The van der Waals surface area contributed by atoms with Crippen molar-refractivity contribution in [2.24, 2.45) is 0 Å². The van der Waals surface area contributed by atoms with Crippen LogP contribution in [0, 0.1) is 0 Å². The molecule has 4 rings (SSSR count). The van der Waals surface area contributed by atoms with E-state index in [0.717, 1.165) is 36.1 Å². The van der Waals surface area contributed by atoms with Crippen LogP contribution in [0.5, 0.6) is 0 Å². The fourth-order valence-electron chi connectivity index (χ4n) is 2.69. The molecule has 3 aromatic rings. The van der Waals surface area contributed by atoms with Gasteiger partial charge in [-0.1, -0.05) is 12.1 Å². The number of hydrogen-bond acceptors (Lipinski definition) is 4. The second-order valence-corrected chi connectivity index (χ2v) is 5.92. The van der Waals surface area contributed by atoms with Gasteiger partial charge in [-0.15, -0.1) is 11.3 Å². The molecule has 2 aromatic heterocycles. The van der Waals surface area contributed by atoms with Crippen molar-refractivity contribution in [3.8, 4) is 11.1 Å². The number of aromatic nitrogens is 3. The summed E-state index contributed by atoms with van der Waals surface area (Å²) < 4.78 is 8.93. The Kier molecular flexibility index (Phi) is 3.01. The lowest BCUT2D eigenvalue weighted by molar-refractivity contribution is -0.0394. The van der Waals surface area contributed by atoms with Gasteiger partial charge in [-0.3, -0.25) is 0 Å². The summed E-state index contributed by atoms with van der Waals surface area (Å²) in [4.78, 5) is 4.47. The van der Waals surface area contributed by atoms with Gasteiger partial charge in [0, 0.05) is 23.9 Å². The van der Waals surface area contributed by atoms with Crippen LogP contribution >= 0.6 is 11.3 Å². The summed E-state index contributed by atoms with van der Waals surface area (Å²) in [5.74, 6) is 0. The Morgan fingerprint density at radius 3 is 3.20 bits per heavy atom. The van der Waals surface area contributed by atoms with Gasteiger partial charge in [-0.2, -0.15) is 5.10 Å². The van der Waals surface area contributed by atoms with Gasteiger partial charge < -0.3 is 4.74 Å². The molecule has 0 N–H and O–H groups in total. The maximum absolute atomic E-state index is 5.77. The van der Waals surface area contributed by atoms with Gasteiger partial charge in [0.2, 0.25) is 0 Å². The summed E-state index contributed by atoms with van der Waals surface area (Å²) in [6, 6.07) is 6.28. The molecule has 4 nitrogen and oxygen atoms in total. The number of rotatable bonds is 2. The minimum absolute atomic E-state index is 0.0899. The Bertz CT molecular complexity index is 727. The normalized spacial score (nSPS) is 19.5. The van der Waals surface area contributed by atoms with E-state index in [2.05, 4.69) is 34.5 Å². The Labute approximate surface area is 121 Å². The molecule has 5 heteroatoms. The molecule has 0 amide bonds. The molecule has 1 aliphatic rings. The van der Waals surface area contributed by atoms with E-state index < -0.39 is 0 Å². The topological polar surface area (TPSA) is 39.9 Å². The molecule has 1 aromatic carbocycles. The first kappa shape index (κ1) is 12.1. The predicted octanol–water partition coefficient (Wildman–Crippen LogP) is 3.86. The van der Waals surface area contributed by atoms with Crippen LogP contribution in [0.15, 0.2) is 36.1 Å². The molecule has 0 spiro atoms. The number of nitrogens with zero attached hydrogens (tertiary/aromatic N) is 3. The minimum Gasteiger partial charge on any atom is -0.357 e. The zero-order valence-electron chi connectivity index (χ0n) is 11.0. The molecule has 0 radical (unpaired) electrons. The van der Waals surface area contributed by atoms with E-state index in [4.69, 9.17) is 4.74 Å². The molecular formula is C15H15N3OS. The number of ether oxygens (including phenoxy) is 1.